The summed E-state index contributed by atoms with van der Waals surface area (Å²) < 4.78 is 4.43. The summed E-state index contributed by atoms with van der Waals surface area (Å²) >= 11 is 0. The maximum absolute atomic E-state index is 11.9. The van der Waals surface area contributed by atoms with Gasteiger partial charge in [0.1, 0.15) is 6.11 Å². The van der Waals surface area contributed by atoms with Crippen LogP contribution in [0.5, 0.6) is 0 Å². The van der Waals surface area contributed by atoms with Crippen molar-refractivity contribution < 1.29 is 19.7 Å². The smallest absolute Gasteiger partial charge is 0.162 e. The molecular formula is C18H26O4-2. The van der Waals surface area contributed by atoms with Gasteiger partial charge < -0.3 is 14.9 Å². The molecular weight excluding hydrogens is 280 g/mol. The van der Waals surface area contributed by atoms with Gasteiger partial charge in [-0.05, 0) is 18.4 Å². The molecule has 0 aliphatic heterocycles. The first-order valence-corrected chi connectivity index (χ1v) is 8.29. The van der Waals surface area contributed by atoms with E-state index < -0.39 is 17.1 Å². The molecule has 0 aromatic heterocycles. The monoisotopic (exact) mass is 306 g/mol. The minimum absolute atomic E-state index is 0.142. The SMILES string of the molecule is CCCCCCCCCCCC1=C([O-])C([O-])(C#COC)C1=O. The molecule has 1 rings (SSSR count). The zero-order valence-electron chi connectivity index (χ0n) is 13.7. The fraction of sp³-hybridized carbons (Fsp3) is 0.722. The van der Waals surface area contributed by atoms with Crippen molar-refractivity contribution in [2.45, 2.75) is 76.7 Å². The molecule has 0 saturated carbocycles. The van der Waals surface area contributed by atoms with Crippen LogP contribution in [-0.4, -0.2) is 18.5 Å². The number of ketones is 1. The van der Waals surface area contributed by atoms with Crippen LogP contribution < -0.4 is 10.2 Å². The highest BCUT2D eigenvalue weighted by Gasteiger charge is 2.37. The van der Waals surface area contributed by atoms with Crippen LogP contribution in [0.25, 0.3) is 0 Å². The van der Waals surface area contributed by atoms with E-state index in [2.05, 4.69) is 23.7 Å². The van der Waals surface area contributed by atoms with E-state index in [1.165, 1.54) is 45.6 Å². The van der Waals surface area contributed by atoms with Gasteiger partial charge in [-0.3, -0.25) is 4.79 Å². The molecule has 0 spiro atoms. The highest BCUT2D eigenvalue weighted by atomic mass is 16.5. The number of rotatable bonds is 10. The fourth-order valence-electron chi connectivity index (χ4n) is 2.64. The molecule has 1 atom stereocenters. The van der Waals surface area contributed by atoms with E-state index in [1.807, 2.05) is 0 Å². The summed E-state index contributed by atoms with van der Waals surface area (Å²) in [4.78, 5) is 11.7. The lowest BCUT2D eigenvalue weighted by atomic mass is 9.76. The minimum atomic E-state index is -2.40. The quantitative estimate of drug-likeness (QED) is 0.456. The number of ether oxygens (including phenoxy) is 1. The summed E-state index contributed by atoms with van der Waals surface area (Å²) in [5.41, 5.74) is -2.26. The zero-order valence-corrected chi connectivity index (χ0v) is 13.7. The lowest BCUT2D eigenvalue weighted by Crippen LogP contribution is -2.63. The Kier molecular flexibility index (Phi) is 8.05. The van der Waals surface area contributed by atoms with Gasteiger partial charge in [0.15, 0.2) is 5.78 Å². The third kappa shape index (κ3) is 4.78. The number of methoxy groups -OCH3 is 1. The highest BCUT2D eigenvalue weighted by molar-refractivity contribution is 6.13. The van der Waals surface area contributed by atoms with Crippen LogP contribution in [0.3, 0.4) is 0 Å². The molecule has 1 unspecified atom stereocenters. The Labute approximate surface area is 133 Å². The Morgan fingerprint density at radius 3 is 2.09 bits per heavy atom. The van der Waals surface area contributed by atoms with E-state index in [-0.39, 0.29) is 5.57 Å². The summed E-state index contributed by atoms with van der Waals surface area (Å²) in [6.07, 6.45) is 13.0. The molecule has 1 aliphatic carbocycles. The zero-order chi connectivity index (χ0) is 16.4. The maximum atomic E-state index is 11.9. The van der Waals surface area contributed by atoms with Gasteiger partial charge in [-0.25, -0.2) is 0 Å². The second kappa shape index (κ2) is 9.53. The molecule has 0 heterocycles. The molecule has 4 nitrogen and oxygen atoms in total. The van der Waals surface area contributed by atoms with Crippen LogP contribution in [0.15, 0.2) is 11.3 Å². The molecule has 124 valence electrons. The van der Waals surface area contributed by atoms with Crippen LogP contribution in [0, 0.1) is 12.0 Å². The van der Waals surface area contributed by atoms with Gasteiger partial charge in [0.25, 0.3) is 0 Å². The first-order valence-electron chi connectivity index (χ1n) is 8.29. The molecule has 0 saturated heterocycles. The minimum Gasteiger partial charge on any atom is -0.875 e. The van der Waals surface area contributed by atoms with Gasteiger partial charge in [0, 0.05) is 5.60 Å². The van der Waals surface area contributed by atoms with Crippen LogP contribution in [0.1, 0.15) is 71.1 Å². The molecule has 0 aromatic rings. The largest absolute Gasteiger partial charge is 0.875 e. The van der Waals surface area contributed by atoms with Crippen LogP contribution >= 0.6 is 0 Å². The predicted octanol–water partition coefficient (Wildman–Crippen LogP) is 1.81. The van der Waals surface area contributed by atoms with Gasteiger partial charge >= 0.3 is 0 Å². The Bertz CT molecular complexity index is 455. The van der Waals surface area contributed by atoms with Crippen LogP contribution in [-0.2, 0) is 9.53 Å². The standard InChI is InChI=1S/C18H27O4/c1-3-4-5-6-7-8-9-10-11-12-15-16(19)18(21,17(15)20)13-14-22-2/h19H,3-12H2,1-2H3/q-1/p-1. The van der Waals surface area contributed by atoms with Gasteiger partial charge in [0.2, 0.25) is 0 Å². The predicted molar refractivity (Wildman–Crippen MR) is 81.4 cm³/mol. The van der Waals surface area contributed by atoms with Crippen molar-refractivity contribution in [1.29, 1.82) is 0 Å². The van der Waals surface area contributed by atoms with Crippen molar-refractivity contribution in [3.63, 3.8) is 0 Å². The molecule has 4 heteroatoms. The van der Waals surface area contributed by atoms with E-state index in [0.717, 1.165) is 19.3 Å². The normalized spacial score (nSPS) is 20.4. The third-order valence-electron chi connectivity index (χ3n) is 4.05. The first kappa shape index (κ1) is 18.6. The van der Waals surface area contributed by atoms with E-state index in [9.17, 15) is 15.0 Å². The molecule has 1 aliphatic rings. The number of hydrogen-bond acceptors (Lipinski definition) is 4. The molecule has 0 aromatic carbocycles. The summed E-state index contributed by atoms with van der Waals surface area (Å²) in [5, 5.41) is 23.6. The van der Waals surface area contributed by atoms with Crippen molar-refractivity contribution in [1.82, 2.24) is 0 Å². The first-order chi connectivity index (χ1) is 10.6. The fourth-order valence-corrected chi connectivity index (χ4v) is 2.64. The van der Waals surface area contributed by atoms with Gasteiger partial charge in [-0.2, -0.15) is 0 Å². The Morgan fingerprint density at radius 1 is 1.05 bits per heavy atom. The van der Waals surface area contributed by atoms with Crippen molar-refractivity contribution in [2.24, 2.45) is 0 Å². The number of Topliss-reactive ketones (excluding diaryl/α,β-unsaturated/α-hetero) is 1. The van der Waals surface area contributed by atoms with E-state index in [4.69, 9.17) is 0 Å². The number of hydrogen-bond donors (Lipinski definition) is 0. The van der Waals surface area contributed by atoms with Gasteiger partial charge in [-0.15, -0.1) is 5.76 Å². The molecule has 22 heavy (non-hydrogen) atoms. The molecule has 0 amide bonds. The second-order valence-electron chi connectivity index (χ2n) is 5.83. The average Bonchev–Trinajstić information content (AvgIpc) is 2.53. The second-order valence-corrected chi connectivity index (χ2v) is 5.83. The topological polar surface area (TPSA) is 72.4 Å². The van der Waals surface area contributed by atoms with E-state index in [0.29, 0.717) is 6.42 Å². The van der Waals surface area contributed by atoms with Gasteiger partial charge in [0.05, 0.1) is 7.11 Å². The Balaban J connectivity index is 2.20. The average molecular weight is 306 g/mol. The van der Waals surface area contributed by atoms with Crippen molar-refractivity contribution >= 4 is 5.78 Å². The Morgan fingerprint density at radius 2 is 1.59 bits per heavy atom. The van der Waals surface area contributed by atoms with Crippen LogP contribution in [0.4, 0.5) is 0 Å². The van der Waals surface area contributed by atoms with Gasteiger partial charge in [-0.1, -0.05) is 64.2 Å². The molecule has 0 bridgehead atoms. The summed E-state index contributed by atoms with van der Waals surface area (Å²) in [6, 6.07) is 0. The molecule has 0 radical (unpaired) electrons. The summed E-state index contributed by atoms with van der Waals surface area (Å²) in [7, 11) is 1.29. The highest BCUT2D eigenvalue weighted by Crippen LogP contribution is 2.32. The summed E-state index contributed by atoms with van der Waals surface area (Å²) in [6.45, 7) is 2.21. The van der Waals surface area contributed by atoms with Crippen molar-refractivity contribution in [2.75, 3.05) is 7.11 Å². The maximum Gasteiger partial charge on any atom is 0.162 e. The third-order valence-corrected chi connectivity index (χ3v) is 4.05. The lowest BCUT2D eigenvalue weighted by molar-refractivity contribution is -0.476. The lowest BCUT2D eigenvalue weighted by Gasteiger charge is -2.50. The Hall–Kier alpha value is -1.47. The number of carbonyl (C=O) groups excluding carboxylic acids is 1. The van der Waals surface area contributed by atoms with Crippen molar-refractivity contribution in [3.05, 3.63) is 11.3 Å². The molecule has 0 N–H and O–H groups in total. The van der Waals surface area contributed by atoms with Crippen molar-refractivity contribution in [3.8, 4) is 12.0 Å². The van der Waals surface area contributed by atoms with E-state index in [1.54, 1.807) is 0 Å². The number of unbranched alkanes of at least 4 members (excludes halogenated alkanes) is 8. The van der Waals surface area contributed by atoms with Crippen LogP contribution in [0.2, 0.25) is 0 Å². The molecule has 0 fully saturated rings. The summed E-state index contributed by atoms with van der Waals surface area (Å²) in [5.74, 6) is 0.732. The number of carbonyl (C=O) groups is 1. The van der Waals surface area contributed by atoms with E-state index >= 15 is 0 Å².